The van der Waals surface area contributed by atoms with Crippen molar-refractivity contribution >= 4 is 0 Å². The molecule has 1 aliphatic rings. The maximum atomic E-state index is 10.6. The molecule has 0 aromatic heterocycles. The summed E-state index contributed by atoms with van der Waals surface area (Å²) in [5, 5.41) is 10.6. The Morgan fingerprint density at radius 1 is 1.31 bits per heavy atom. The van der Waals surface area contributed by atoms with Crippen LogP contribution in [-0.2, 0) is 0 Å². The first kappa shape index (κ1) is 14.0. The van der Waals surface area contributed by atoms with E-state index in [0.29, 0.717) is 0 Å². The van der Waals surface area contributed by atoms with Gasteiger partial charge in [0.05, 0.1) is 5.60 Å². The number of hydrogen-bond donors (Lipinski definition) is 1. The second-order valence-electron chi connectivity index (χ2n) is 6.59. The molecule has 1 heteroatoms. The third-order valence-corrected chi connectivity index (χ3v) is 4.96. The quantitative estimate of drug-likeness (QED) is 0.753. The fourth-order valence-electron chi connectivity index (χ4n) is 3.72. The fraction of sp³-hybridized carbons (Fsp3) is 1.00. The highest BCUT2D eigenvalue weighted by Crippen LogP contribution is 2.50. The van der Waals surface area contributed by atoms with Crippen molar-refractivity contribution < 1.29 is 5.11 Å². The van der Waals surface area contributed by atoms with Gasteiger partial charge < -0.3 is 5.11 Å². The van der Waals surface area contributed by atoms with Gasteiger partial charge in [0.1, 0.15) is 0 Å². The van der Waals surface area contributed by atoms with E-state index < -0.39 is 5.60 Å². The molecule has 0 heterocycles. The van der Waals surface area contributed by atoms with E-state index in [-0.39, 0.29) is 5.41 Å². The van der Waals surface area contributed by atoms with Crippen LogP contribution in [0.1, 0.15) is 73.1 Å². The molecule has 1 aliphatic carbocycles. The molecule has 3 unspecified atom stereocenters. The zero-order chi connectivity index (χ0) is 12.4. The molecule has 16 heavy (non-hydrogen) atoms. The van der Waals surface area contributed by atoms with Crippen LogP contribution in [0.5, 0.6) is 0 Å². The summed E-state index contributed by atoms with van der Waals surface area (Å²) in [4.78, 5) is 0. The van der Waals surface area contributed by atoms with Gasteiger partial charge in [-0.1, -0.05) is 40.5 Å². The molecule has 4 atom stereocenters. The van der Waals surface area contributed by atoms with Crippen molar-refractivity contribution in [2.45, 2.75) is 78.7 Å². The van der Waals surface area contributed by atoms with E-state index in [9.17, 15) is 5.11 Å². The normalized spacial score (nSPS) is 39.4. The molecule has 0 aliphatic heterocycles. The standard InChI is InChI=1S/C15H30O/c1-6-8-13-9-12(3)10-14(4,11-13)15(5,16)7-2/h12-13,16H,6-11H2,1-5H3/t12-,13?,14?,15?/m1/s1. The number of rotatable bonds is 4. The van der Waals surface area contributed by atoms with Crippen molar-refractivity contribution in [1.29, 1.82) is 0 Å². The van der Waals surface area contributed by atoms with Crippen molar-refractivity contribution in [1.82, 2.24) is 0 Å². The van der Waals surface area contributed by atoms with E-state index >= 15 is 0 Å². The van der Waals surface area contributed by atoms with Crippen molar-refractivity contribution in [3.05, 3.63) is 0 Å². The maximum Gasteiger partial charge on any atom is 0.0670 e. The third kappa shape index (κ3) is 2.80. The molecule has 0 aromatic rings. The van der Waals surface area contributed by atoms with Crippen LogP contribution in [0.4, 0.5) is 0 Å². The van der Waals surface area contributed by atoms with E-state index in [1.165, 1.54) is 32.1 Å². The Hall–Kier alpha value is -0.0400. The fourth-order valence-corrected chi connectivity index (χ4v) is 3.72. The average molecular weight is 226 g/mol. The van der Waals surface area contributed by atoms with Gasteiger partial charge in [-0.25, -0.2) is 0 Å². The van der Waals surface area contributed by atoms with E-state index in [1.807, 2.05) is 6.92 Å². The first-order valence-corrected chi connectivity index (χ1v) is 7.07. The van der Waals surface area contributed by atoms with Gasteiger partial charge in [0.15, 0.2) is 0 Å². The van der Waals surface area contributed by atoms with Crippen molar-refractivity contribution in [3.8, 4) is 0 Å². The molecule has 0 saturated heterocycles. The van der Waals surface area contributed by atoms with Crippen LogP contribution in [0, 0.1) is 17.3 Å². The molecular weight excluding hydrogens is 196 g/mol. The average Bonchev–Trinajstić information content (AvgIpc) is 2.16. The predicted molar refractivity (Wildman–Crippen MR) is 70.4 cm³/mol. The maximum absolute atomic E-state index is 10.6. The van der Waals surface area contributed by atoms with Crippen LogP contribution in [-0.4, -0.2) is 10.7 Å². The highest BCUT2D eigenvalue weighted by molar-refractivity contribution is 4.97. The molecule has 1 fully saturated rings. The van der Waals surface area contributed by atoms with Gasteiger partial charge in [-0.15, -0.1) is 0 Å². The molecule has 1 rings (SSSR count). The first-order chi connectivity index (χ1) is 7.34. The summed E-state index contributed by atoms with van der Waals surface area (Å²) in [7, 11) is 0. The summed E-state index contributed by atoms with van der Waals surface area (Å²) in [6.07, 6.45) is 7.25. The van der Waals surface area contributed by atoms with Crippen LogP contribution in [0.15, 0.2) is 0 Å². The lowest BCUT2D eigenvalue weighted by Crippen LogP contribution is -2.48. The van der Waals surface area contributed by atoms with Gasteiger partial charge in [0.2, 0.25) is 0 Å². The number of hydrogen-bond acceptors (Lipinski definition) is 1. The molecule has 0 bridgehead atoms. The zero-order valence-corrected chi connectivity index (χ0v) is 11.8. The van der Waals surface area contributed by atoms with E-state index in [0.717, 1.165) is 18.3 Å². The lowest BCUT2D eigenvalue weighted by molar-refractivity contribution is -0.103. The predicted octanol–water partition coefficient (Wildman–Crippen LogP) is 4.39. The van der Waals surface area contributed by atoms with Crippen molar-refractivity contribution in [3.63, 3.8) is 0 Å². The minimum atomic E-state index is -0.492. The molecule has 1 saturated carbocycles. The molecular formula is C15H30O. The minimum absolute atomic E-state index is 0.124. The smallest absolute Gasteiger partial charge is 0.0670 e. The molecule has 0 spiro atoms. The minimum Gasteiger partial charge on any atom is -0.390 e. The Bertz CT molecular complexity index is 221. The monoisotopic (exact) mass is 226 g/mol. The van der Waals surface area contributed by atoms with Gasteiger partial charge in [0, 0.05) is 0 Å². The summed E-state index contributed by atoms with van der Waals surface area (Å²) < 4.78 is 0. The lowest BCUT2D eigenvalue weighted by atomic mass is 9.58. The summed E-state index contributed by atoms with van der Waals surface area (Å²) in [5.74, 6) is 1.60. The summed E-state index contributed by atoms with van der Waals surface area (Å²) in [6.45, 7) is 11.1. The lowest BCUT2D eigenvalue weighted by Gasteiger charge is -2.50. The van der Waals surface area contributed by atoms with Crippen LogP contribution >= 0.6 is 0 Å². The van der Waals surface area contributed by atoms with Gasteiger partial charge in [-0.3, -0.25) is 0 Å². The third-order valence-electron chi connectivity index (χ3n) is 4.96. The van der Waals surface area contributed by atoms with E-state index in [2.05, 4.69) is 27.7 Å². The van der Waals surface area contributed by atoms with Crippen LogP contribution < -0.4 is 0 Å². The Kier molecular flexibility index (Phi) is 4.45. The summed E-state index contributed by atoms with van der Waals surface area (Å²) in [6, 6.07) is 0. The second-order valence-corrected chi connectivity index (χ2v) is 6.59. The van der Waals surface area contributed by atoms with Crippen LogP contribution in [0.3, 0.4) is 0 Å². The van der Waals surface area contributed by atoms with Crippen LogP contribution in [0.25, 0.3) is 0 Å². The molecule has 0 aromatic carbocycles. The Morgan fingerprint density at radius 3 is 2.44 bits per heavy atom. The highest BCUT2D eigenvalue weighted by Gasteiger charge is 2.46. The Morgan fingerprint density at radius 2 is 1.94 bits per heavy atom. The van der Waals surface area contributed by atoms with Gasteiger partial charge >= 0.3 is 0 Å². The molecule has 0 amide bonds. The molecule has 1 N–H and O–H groups in total. The van der Waals surface area contributed by atoms with Gasteiger partial charge in [0.25, 0.3) is 0 Å². The second kappa shape index (κ2) is 5.08. The number of aliphatic hydroxyl groups is 1. The zero-order valence-electron chi connectivity index (χ0n) is 11.8. The highest BCUT2D eigenvalue weighted by atomic mass is 16.3. The topological polar surface area (TPSA) is 20.2 Å². The molecule has 0 radical (unpaired) electrons. The van der Waals surface area contributed by atoms with Gasteiger partial charge in [-0.05, 0) is 49.9 Å². The van der Waals surface area contributed by atoms with Crippen LogP contribution in [0.2, 0.25) is 0 Å². The SMILES string of the molecule is CCCC1C[C@@H](C)CC(C)(C(C)(O)CC)C1. The summed E-state index contributed by atoms with van der Waals surface area (Å²) >= 11 is 0. The first-order valence-electron chi connectivity index (χ1n) is 7.07. The Balaban J connectivity index is 2.79. The van der Waals surface area contributed by atoms with E-state index in [1.54, 1.807) is 0 Å². The van der Waals surface area contributed by atoms with Crippen molar-refractivity contribution in [2.75, 3.05) is 0 Å². The summed E-state index contributed by atoms with van der Waals surface area (Å²) in [5.41, 5.74) is -0.368. The molecule has 96 valence electrons. The van der Waals surface area contributed by atoms with E-state index in [4.69, 9.17) is 0 Å². The Labute approximate surface area is 102 Å². The largest absolute Gasteiger partial charge is 0.390 e. The van der Waals surface area contributed by atoms with Gasteiger partial charge in [-0.2, -0.15) is 0 Å². The van der Waals surface area contributed by atoms with Crippen molar-refractivity contribution in [2.24, 2.45) is 17.3 Å². The molecule has 1 nitrogen and oxygen atoms in total.